The van der Waals surface area contributed by atoms with Crippen LogP contribution in [0.5, 0.6) is 0 Å². The third-order valence-electron chi connectivity index (χ3n) is 1.12. The first-order chi connectivity index (χ1) is 4.57. The Morgan fingerprint density at radius 1 is 1.60 bits per heavy atom. The molecule has 0 saturated carbocycles. The average Bonchev–Trinajstić information content (AvgIpc) is 1.87. The van der Waals surface area contributed by atoms with Gasteiger partial charge in [-0.1, -0.05) is 0 Å². The highest BCUT2D eigenvalue weighted by Crippen LogP contribution is 1.93. The number of carboxylic acids is 1. The van der Waals surface area contributed by atoms with Gasteiger partial charge in [0.05, 0.1) is 6.10 Å². The first-order valence-corrected chi connectivity index (χ1v) is 2.94. The number of aliphatic carboxylic acids is 1. The molecule has 0 radical (unpaired) electrons. The van der Waals surface area contributed by atoms with Gasteiger partial charge in [-0.15, -0.1) is 0 Å². The number of aliphatic hydroxyl groups is 1. The van der Waals surface area contributed by atoms with Gasteiger partial charge in [-0.05, 0) is 0 Å². The molecule has 5 heteroatoms. The van der Waals surface area contributed by atoms with Gasteiger partial charge in [-0.25, -0.2) is 0 Å². The molecule has 0 fully saturated rings. The topological polar surface area (TPSA) is 110 Å². The number of hydrogen-bond donors (Lipinski definition) is 4. The first kappa shape index (κ1) is 9.35. The SMILES string of the molecule is NC[C@H](O)C[C@@H](N)C(=O)O. The van der Waals surface area contributed by atoms with E-state index in [0.717, 1.165) is 0 Å². The van der Waals surface area contributed by atoms with Crippen molar-refractivity contribution in [3.8, 4) is 0 Å². The van der Waals surface area contributed by atoms with Crippen molar-refractivity contribution in [3.63, 3.8) is 0 Å². The summed E-state index contributed by atoms with van der Waals surface area (Å²) in [5.74, 6) is -1.12. The zero-order valence-corrected chi connectivity index (χ0v) is 5.53. The molecule has 5 nitrogen and oxygen atoms in total. The van der Waals surface area contributed by atoms with Crippen LogP contribution in [0.25, 0.3) is 0 Å². The monoisotopic (exact) mass is 148 g/mol. The van der Waals surface area contributed by atoms with Crippen molar-refractivity contribution < 1.29 is 15.0 Å². The largest absolute Gasteiger partial charge is 0.480 e. The molecular formula is C5H12N2O3. The van der Waals surface area contributed by atoms with Crippen LogP contribution in [0.4, 0.5) is 0 Å². The highest BCUT2D eigenvalue weighted by molar-refractivity contribution is 5.73. The maximum absolute atomic E-state index is 10.1. The Morgan fingerprint density at radius 3 is 2.40 bits per heavy atom. The Labute approximate surface area is 58.6 Å². The lowest BCUT2D eigenvalue weighted by Gasteiger charge is -2.09. The lowest BCUT2D eigenvalue weighted by atomic mass is 10.1. The molecule has 6 N–H and O–H groups in total. The van der Waals surface area contributed by atoms with Crippen LogP contribution < -0.4 is 11.5 Å². The molecule has 0 aliphatic heterocycles. The van der Waals surface area contributed by atoms with Crippen LogP contribution in [-0.4, -0.2) is 34.9 Å². The van der Waals surface area contributed by atoms with E-state index in [1.165, 1.54) is 0 Å². The molecule has 0 aliphatic carbocycles. The van der Waals surface area contributed by atoms with Gasteiger partial charge in [-0.2, -0.15) is 0 Å². The van der Waals surface area contributed by atoms with Crippen molar-refractivity contribution in [3.05, 3.63) is 0 Å². The summed E-state index contributed by atoms with van der Waals surface area (Å²) in [6.45, 7) is 0.0426. The van der Waals surface area contributed by atoms with Gasteiger partial charge >= 0.3 is 5.97 Å². The number of carboxylic acid groups (broad SMARTS) is 1. The lowest BCUT2D eigenvalue weighted by molar-refractivity contribution is -0.139. The molecule has 0 aliphatic rings. The summed E-state index contributed by atoms with van der Waals surface area (Å²) in [7, 11) is 0. The molecule has 60 valence electrons. The highest BCUT2D eigenvalue weighted by atomic mass is 16.4. The molecule has 10 heavy (non-hydrogen) atoms. The number of nitrogens with two attached hydrogens (primary N) is 2. The molecule has 0 rings (SSSR count). The fourth-order valence-electron chi connectivity index (χ4n) is 0.490. The summed E-state index contributed by atoms with van der Waals surface area (Å²) in [5.41, 5.74) is 10.1. The molecule has 0 bridgehead atoms. The van der Waals surface area contributed by atoms with E-state index >= 15 is 0 Å². The van der Waals surface area contributed by atoms with E-state index in [-0.39, 0.29) is 13.0 Å². The van der Waals surface area contributed by atoms with Crippen molar-refractivity contribution in [1.82, 2.24) is 0 Å². The Bertz CT molecular complexity index is 117. The summed E-state index contributed by atoms with van der Waals surface area (Å²) in [5, 5.41) is 17.1. The minimum atomic E-state index is -1.12. The van der Waals surface area contributed by atoms with Gasteiger partial charge in [0, 0.05) is 13.0 Å². The standard InChI is InChI=1S/C5H12N2O3/c6-2-3(8)1-4(7)5(9)10/h3-4,8H,1-2,6-7H2,(H,9,10)/t3-,4-/m1/s1. The molecule has 2 atom stereocenters. The first-order valence-electron chi connectivity index (χ1n) is 2.94. The van der Waals surface area contributed by atoms with Gasteiger partial charge in [0.1, 0.15) is 6.04 Å². The second-order valence-corrected chi connectivity index (χ2v) is 2.07. The second-order valence-electron chi connectivity index (χ2n) is 2.07. The fraction of sp³-hybridized carbons (Fsp3) is 0.800. The summed E-state index contributed by atoms with van der Waals surface area (Å²) in [6, 6.07) is -1.02. The van der Waals surface area contributed by atoms with Crippen molar-refractivity contribution in [2.45, 2.75) is 18.6 Å². The Morgan fingerprint density at radius 2 is 2.10 bits per heavy atom. The van der Waals surface area contributed by atoms with Crippen molar-refractivity contribution in [2.24, 2.45) is 11.5 Å². The highest BCUT2D eigenvalue weighted by Gasteiger charge is 2.15. The van der Waals surface area contributed by atoms with Gasteiger partial charge in [0.2, 0.25) is 0 Å². The van der Waals surface area contributed by atoms with Crippen molar-refractivity contribution >= 4 is 5.97 Å². The fourth-order valence-corrected chi connectivity index (χ4v) is 0.490. The zero-order chi connectivity index (χ0) is 8.15. The van der Waals surface area contributed by atoms with E-state index in [1.807, 2.05) is 0 Å². The van der Waals surface area contributed by atoms with E-state index in [4.69, 9.17) is 21.7 Å². The minimum Gasteiger partial charge on any atom is -0.480 e. The van der Waals surface area contributed by atoms with Gasteiger partial charge in [-0.3, -0.25) is 4.79 Å². The summed E-state index contributed by atoms with van der Waals surface area (Å²) < 4.78 is 0. The third-order valence-corrected chi connectivity index (χ3v) is 1.12. The Hall–Kier alpha value is -0.650. The maximum Gasteiger partial charge on any atom is 0.320 e. The van der Waals surface area contributed by atoms with Crippen LogP contribution >= 0.6 is 0 Å². The third kappa shape index (κ3) is 3.39. The Balaban J connectivity index is 3.56. The predicted octanol–water partition coefficient (Wildman–Crippen LogP) is -1.89. The van der Waals surface area contributed by atoms with E-state index in [1.54, 1.807) is 0 Å². The molecule has 0 amide bonds. The van der Waals surface area contributed by atoms with Crippen molar-refractivity contribution in [1.29, 1.82) is 0 Å². The number of hydrogen-bond acceptors (Lipinski definition) is 4. The maximum atomic E-state index is 10.1. The molecule has 0 saturated heterocycles. The minimum absolute atomic E-state index is 0.00579. The summed E-state index contributed by atoms with van der Waals surface area (Å²) in [6.07, 6.45) is -0.808. The van der Waals surface area contributed by atoms with E-state index in [9.17, 15) is 4.79 Å². The molecule has 0 unspecified atom stereocenters. The van der Waals surface area contributed by atoms with E-state index < -0.39 is 18.1 Å². The van der Waals surface area contributed by atoms with E-state index in [0.29, 0.717) is 0 Å². The van der Waals surface area contributed by atoms with Gasteiger partial charge < -0.3 is 21.7 Å². The van der Waals surface area contributed by atoms with Crippen LogP contribution in [0.3, 0.4) is 0 Å². The number of carbonyl (C=O) groups is 1. The summed E-state index contributed by atoms with van der Waals surface area (Å²) >= 11 is 0. The smallest absolute Gasteiger partial charge is 0.320 e. The lowest BCUT2D eigenvalue weighted by Crippen LogP contribution is -2.36. The second kappa shape index (κ2) is 4.21. The average molecular weight is 148 g/mol. The van der Waals surface area contributed by atoms with Crippen LogP contribution in [-0.2, 0) is 4.79 Å². The molecule has 0 aromatic carbocycles. The van der Waals surface area contributed by atoms with Crippen LogP contribution in [0.15, 0.2) is 0 Å². The van der Waals surface area contributed by atoms with Crippen LogP contribution in [0, 0.1) is 0 Å². The quantitative estimate of drug-likeness (QED) is 0.372. The molecule has 0 aromatic heterocycles. The summed E-state index contributed by atoms with van der Waals surface area (Å²) in [4.78, 5) is 10.1. The number of aliphatic hydroxyl groups excluding tert-OH is 1. The van der Waals surface area contributed by atoms with E-state index in [2.05, 4.69) is 0 Å². The zero-order valence-electron chi connectivity index (χ0n) is 5.53. The van der Waals surface area contributed by atoms with Gasteiger partial charge in [0.25, 0.3) is 0 Å². The molecule has 0 spiro atoms. The molecule has 0 heterocycles. The molecule has 0 aromatic rings. The number of rotatable bonds is 4. The van der Waals surface area contributed by atoms with Crippen molar-refractivity contribution in [2.75, 3.05) is 6.54 Å². The Kier molecular flexibility index (Phi) is 3.94. The molecular weight excluding hydrogens is 136 g/mol. The van der Waals surface area contributed by atoms with Gasteiger partial charge in [0.15, 0.2) is 0 Å². The van der Waals surface area contributed by atoms with Crippen LogP contribution in [0.2, 0.25) is 0 Å². The predicted molar refractivity (Wildman–Crippen MR) is 35.3 cm³/mol. The van der Waals surface area contributed by atoms with Crippen LogP contribution in [0.1, 0.15) is 6.42 Å². The normalized spacial score (nSPS) is 16.3.